The van der Waals surface area contributed by atoms with Gasteiger partial charge in [-0.15, -0.1) is 11.3 Å². The molecule has 2 rings (SSSR count). The molecule has 0 unspecified atom stereocenters. The summed E-state index contributed by atoms with van der Waals surface area (Å²) in [5.74, 6) is 1.45. The normalized spacial score (nSPS) is 10.1. The summed E-state index contributed by atoms with van der Waals surface area (Å²) in [7, 11) is 0. The minimum Gasteiger partial charge on any atom is -0.490 e. The lowest BCUT2D eigenvalue weighted by atomic mass is 10.3. The number of rotatable bonds is 6. The van der Waals surface area contributed by atoms with E-state index in [0.29, 0.717) is 25.4 Å². The summed E-state index contributed by atoms with van der Waals surface area (Å²) in [6, 6.07) is 9.73. The lowest BCUT2D eigenvalue weighted by Gasteiger charge is -2.10. The van der Waals surface area contributed by atoms with Crippen molar-refractivity contribution in [2.45, 2.75) is 26.9 Å². The van der Waals surface area contributed by atoms with E-state index in [9.17, 15) is 0 Å². The van der Waals surface area contributed by atoms with Crippen LogP contribution in [0.2, 0.25) is 0 Å². The quantitative estimate of drug-likeness (QED) is 0.816. The van der Waals surface area contributed by atoms with Gasteiger partial charge in [0.15, 0.2) is 11.5 Å². The van der Waals surface area contributed by atoms with Gasteiger partial charge in [-0.25, -0.2) is 4.98 Å². The minimum absolute atomic E-state index is 0.390. The van der Waals surface area contributed by atoms with E-state index in [0.717, 1.165) is 21.3 Å². The Morgan fingerprint density at radius 3 is 2.60 bits per heavy atom. The molecule has 1 aromatic heterocycles. The smallest absolute Gasteiger partial charge is 0.161 e. The van der Waals surface area contributed by atoms with Crippen LogP contribution in [-0.4, -0.2) is 11.6 Å². The van der Waals surface area contributed by atoms with Crippen molar-refractivity contribution in [3.05, 3.63) is 39.8 Å². The summed E-state index contributed by atoms with van der Waals surface area (Å²) < 4.78 is 11.3. The maximum atomic E-state index is 8.74. The van der Waals surface area contributed by atoms with E-state index < -0.39 is 0 Å². The molecule has 0 N–H and O–H groups in total. The summed E-state index contributed by atoms with van der Waals surface area (Å²) in [6.07, 6.45) is 0.402. The van der Waals surface area contributed by atoms with Crippen LogP contribution in [0.1, 0.15) is 22.5 Å². The first-order chi connectivity index (χ1) is 9.74. The van der Waals surface area contributed by atoms with Crippen molar-refractivity contribution >= 4 is 11.3 Å². The Balaban J connectivity index is 2.05. The Morgan fingerprint density at radius 2 is 1.95 bits per heavy atom. The van der Waals surface area contributed by atoms with Gasteiger partial charge < -0.3 is 9.47 Å². The number of aromatic nitrogens is 1. The largest absolute Gasteiger partial charge is 0.490 e. The summed E-state index contributed by atoms with van der Waals surface area (Å²) in [5.41, 5.74) is 0.910. The van der Waals surface area contributed by atoms with Gasteiger partial charge in [-0.3, -0.25) is 0 Å². The molecule has 0 atom stereocenters. The predicted octanol–water partition coefficient (Wildman–Crippen LogP) is 3.50. The summed E-state index contributed by atoms with van der Waals surface area (Å²) in [6.45, 7) is 4.85. The van der Waals surface area contributed by atoms with Gasteiger partial charge in [0, 0.05) is 4.88 Å². The first-order valence-electron chi connectivity index (χ1n) is 6.41. The lowest BCUT2D eigenvalue weighted by molar-refractivity contribution is 0.269. The van der Waals surface area contributed by atoms with Crippen molar-refractivity contribution in [3.8, 4) is 17.6 Å². The first kappa shape index (κ1) is 14.4. The van der Waals surface area contributed by atoms with Gasteiger partial charge in [-0.1, -0.05) is 12.1 Å². The Morgan fingerprint density at radius 1 is 1.25 bits per heavy atom. The Kier molecular flexibility index (Phi) is 4.97. The fourth-order valence-electron chi connectivity index (χ4n) is 1.77. The first-order valence-corrected chi connectivity index (χ1v) is 7.23. The number of para-hydroxylation sites is 2. The number of hydrogen-bond donors (Lipinski definition) is 0. The van der Waals surface area contributed by atoms with Gasteiger partial charge in [-0.2, -0.15) is 5.26 Å². The number of nitrogens with zero attached hydrogens (tertiary/aromatic N) is 2. The fourth-order valence-corrected chi connectivity index (χ4v) is 2.68. The van der Waals surface area contributed by atoms with Crippen LogP contribution < -0.4 is 9.47 Å². The lowest BCUT2D eigenvalue weighted by Crippen LogP contribution is -1.99. The van der Waals surface area contributed by atoms with Crippen LogP contribution in [0.15, 0.2) is 24.3 Å². The van der Waals surface area contributed by atoms with Crippen molar-refractivity contribution in [1.82, 2.24) is 4.98 Å². The molecule has 0 spiro atoms. The second kappa shape index (κ2) is 6.92. The molecule has 0 aliphatic heterocycles. The van der Waals surface area contributed by atoms with E-state index in [1.807, 2.05) is 38.1 Å². The number of nitriles is 1. The highest BCUT2D eigenvalue weighted by Crippen LogP contribution is 2.28. The molecule has 1 aromatic carbocycles. The van der Waals surface area contributed by atoms with Crippen molar-refractivity contribution in [3.63, 3.8) is 0 Å². The van der Waals surface area contributed by atoms with Crippen LogP contribution in [0.5, 0.6) is 11.5 Å². The van der Waals surface area contributed by atoms with Crippen molar-refractivity contribution < 1.29 is 9.47 Å². The number of ether oxygens (including phenoxy) is 2. The third-order valence-corrected chi connectivity index (χ3v) is 3.81. The highest BCUT2D eigenvalue weighted by atomic mass is 32.1. The van der Waals surface area contributed by atoms with E-state index in [-0.39, 0.29) is 0 Å². The van der Waals surface area contributed by atoms with Crippen LogP contribution in [-0.2, 0) is 13.0 Å². The molecule has 4 nitrogen and oxygen atoms in total. The van der Waals surface area contributed by atoms with Gasteiger partial charge in [0.25, 0.3) is 0 Å². The van der Waals surface area contributed by atoms with Gasteiger partial charge >= 0.3 is 0 Å². The Labute approximate surface area is 122 Å². The molecule has 0 aliphatic carbocycles. The molecule has 0 amide bonds. The molecule has 0 radical (unpaired) electrons. The average Bonchev–Trinajstić information content (AvgIpc) is 2.79. The van der Waals surface area contributed by atoms with Crippen LogP contribution in [0.25, 0.3) is 0 Å². The molecule has 0 bridgehead atoms. The molecule has 20 heavy (non-hydrogen) atoms. The van der Waals surface area contributed by atoms with E-state index in [1.54, 1.807) is 0 Å². The van der Waals surface area contributed by atoms with Gasteiger partial charge in [-0.05, 0) is 26.0 Å². The zero-order valence-corrected chi connectivity index (χ0v) is 12.4. The molecule has 0 fully saturated rings. The highest BCUT2D eigenvalue weighted by molar-refractivity contribution is 7.11. The average molecular weight is 288 g/mol. The maximum absolute atomic E-state index is 8.74. The van der Waals surface area contributed by atoms with E-state index >= 15 is 0 Å². The third kappa shape index (κ3) is 3.49. The topological polar surface area (TPSA) is 55.1 Å². The number of thiazole rings is 1. The standard InChI is InChI=1S/C15H16N2O2S/c1-3-18-12-6-4-5-7-13(12)19-10-15-17-11(2)14(20-15)8-9-16/h4-7H,3,8,10H2,1-2H3. The van der Waals surface area contributed by atoms with Crippen LogP contribution in [0.4, 0.5) is 0 Å². The maximum Gasteiger partial charge on any atom is 0.161 e. The number of benzene rings is 1. The van der Waals surface area contributed by atoms with E-state index in [4.69, 9.17) is 14.7 Å². The monoisotopic (exact) mass is 288 g/mol. The fraction of sp³-hybridized carbons (Fsp3) is 0.333. The van der Waals surface area contributed by atoms with Crippen molar-refractivity contribution in [2.75, 3.05) is 6.61 Å². The second-order valence-corrected chi connectivity index (χ2v) is 5.29. The van der Waals surface area contributed by atoms with Gasteiger partial charge in [0.1, 0.15) is 11.6 Å². The second-order valence-electron chi connectivity index (χ2n) is 4.12. The van der Waals surface area contributed by atoms with Crippen LogP contribution in [0.3, 0.4) is 0 Å². The zero-order chi connectivity index (χ0) is 14.4. The molecule has 104 valence electrons. The van der Waals surface area contributed by atoms with Gasteiger partial charge in [0.05, 0.1) is 24.8 Å². The minimum atomic E-state index is 0.390. The Hall–Kier alpha value is -2.06. The number of aryl methyl sites for hydroxylation is 1. The van der Waals surface area contributed by atoms with E-state index in [1.165, 1.54) is 11.3 Å². The summed E-state index contributed by atoms with van der Waals surface area (Å²) in [4.78, 5) is 5.43. The van der Waals surface area contributed by atoms with Crippen LogP contribution >= 0.6 is 11.3 Å². The zero-order valence-electron chi connectivity index (χ0n) is 11.5. The summed E-state index contributed by atoms with van der Waals surface area (Å²) in [5, 5.41) is 9.61. The molecule has 5 heteroatoms. The third-order valence-electron chi connectivity index (χ3n) is 2.68. The van der Waals surface area contributed by atoms with Crippen LogP contribution in [0, 0.1) is 18.3 Å². The van der Waals surface area contributed by atoms with Crippen molar-refractivity contribution in [1.29, 1.82) is 5.26 Å². The molecule has 0 aliphatic rings. The summed E-state index contributed by atoms with van der Waals surface area (Å²) >= 11 is 1.52. The van der Waals surface area contributed by atoms with Crippen molar-refractivity contribution in [2.24, 2.45) is 0 Å². The van der Waals surface area contributed by atoms with E-state index in [2.05, 4.69) is 11.1 Å². The van der Waals surface area contributed by atoms with Gasteiger partial charge in [0.2, 0.25) is 0 Å². The Bertz CT molecular complexity index is 617. The molecule has 1 heterocycles. The predicted molar refractivity (Wildman–Crippen MR) is 78.1 cm³/mol. The number of hydrogen-bond acceptors (Lipinski definition) is 5. The molecular formula is C15H16N2O2S. The highest BCUT2D eigenvalue weighted by Gasteiger charge is 2.09. The SMILES string of the molecule is CCOc1ccccc1OCc1nc(C)c(CC#N)s1. The molecule has 0 saturated heterocycles. The molecular weight excluding hydrogens is 272 g/mol. The molecule has 2 aromatic rings. The molecule has 0 saturated carbocycles.